The van der Waals surface area contributed by atoms with Gasteiger partial charge in [-0.25, -0.2) is 9.97 Å². The van der Waals surface area contributed by atoms with E-state index in [1.54, 1.807) is 18.6 Å². The van der Waals surface area contributed by atoms with Crippen LogP contribution in [0, 0.1) is 0 Å². The molecule has 0 spiro atoms. The van der Waals surface area contributed by atoms with Crippen molar-refractivity contribution in [2.24, 2.45) is 0 Å². The molecular formula is C15H20N6. The number of aromatic nitrogens is 3. The van der Waals surface area contributed by atoms with Crippen LogP contribution in [-0.2, 0) is 0 Å². The highest BCUT2D eigenvalue weighted by atomic mass is 15.1. The number of piperidine rings is 1. The van der Waals surface area contributed by atoms with Crippen LogP contribution in [0.3, 0.4) is 0 Å². The smallest absolute Gasteiger partial charge is 0.169 e. The Morgan fingerprint density at radius 2 is 1.95 bits per heavy atom. The fourth-order valence-electron chi connectivity index (χ4n) is 2.51. The maximum absolute atomic E-state index is 5.95. The van der Waals surface area contributed by atoms with Crippen molar-refractivity contribution in [2.75, 3.05) is 31.2 Å². The summed E-state index contributed by atoms with van der Waals surface area (Å²) >= 11 is 0. The SMILES string of the molecule is CN1CCC(Nc2nc(-c3ccncc3)cnc2N)CC1. The van der Waals surface area contributed by atoms with Gasteiger partial charge >= 0.3 is 0 Å². The fourth-order valence-corrected chi connectivity index (χ4v) is 2.51. The number of nitrogen functional groups attached to an aromatic ring is 1. The van der Waals surface area contributed by atoms with Gasteiger partial charge in [0, 0.05) is 24.0 Å². The average Bonchev–Trinajstić information content (AvgIpc) is 2.52. The maximum Gasteiger partial charge on any atom is 0.169 e. The first-order valence-corrected chi connectivity index (χ1v) is 7.20. The molecule has 1 saturated heterocycles. The minimum Gasteiger partial charge on any atom is -0.381 e. The van der Waals surface area contributed by atoms with Gasteiger partial charge in [-0.05, 0) is 45.1 Å². The van der Waals surface area contributed by atoms with Crippen molar-refractivity contribution < 1.29 is 0 Å². The number of pyridine rings is 1. The molecule has 3 N–H and O–H groups in total. The number of nitrogens with zero attached hydrogens (tertiary/aromatic N) is 4. The van der Waals surface area contributed by atoms with Crippen molar-refractivity contribution in [1.82, 2.24) is 19.9 Å². The van der Waals surface area contributed by atoms with Gasteiger partial charge in [-0.15, -0.1) is 0 Å². The summed E-state index contributed by atoms with van der Waals surface area (Å²) in [5.41, 5.74) is 7.75. The number of likely N-dealkylation sites (tertiary alicyclic amines) is 1. The summed E-state index contributed by atoms with van der Waals surface area (Å²) in [5, 5.41) is 3.44. The zero-order valence-electron chi connectivity index (χ0n) is 12.2. The second kappa shape index (κ2) is 6.05. The van der Waals surface area contributed by atoms with Gasteiger partial charge < -0.3 is 16.0 Å². The Hall–Kier alpha value is -2.21. The highest BCUT2D eigenvalue weighted by Crippen LogP contribution is 2.22. The quantitative estimate of drug-likeness (QED) is 0.891. The van der Waals surface area contributed by atoms with E-state index in [9.17, 15) is 0 Å². The molecule has 6 nitrogen and oxygen atoms in total. The zero-order valence-corrected chi connectivity index (χ0v) is 12.2. The van der Waals surface area contributed by atoms with Gasteiger partial charge in [-0.1, -0.05) is 0 Å². The molecule has 6 heteroatoms. The number of nitrogens with one attached hydrogen (secondary N) is 1. The van der Waals surface area contributed by atoms with Crippen molar-refractivity contribution in [3.63, 3.8) is 0 Å². The number of anilines is 2. The summed E-state index contributed by atoms with van der Waals surface area (Å²) in [7, 11) is 2.15. The summed E-state index contributed by atoms with van der Waals surface area (Å²) in [6, 6.07) is 4.24. The maximum atomic E-state index is 5.95. The van der Waals surface area contributed by atoms with Gasteiger partial charge in [0.2, 0.25) is 0 Å². The molecule has 110 valence electrons. The summed E-state index contributed by atoms with van der Waals surface area (Å²) in [6.07, 6.45) is 7.38. The molecular weight excluding hydrogens is 264 g/mol. The molecule has 1 aliphatic heterocycles. The molecule has 2 aromatic rings. The Bertz CT molecular complexity index is 592. The summed E-state index contributed by atoms with van der Waals surface area (Å²) in [5.74, 6) is 1.13. The van der Waals surface area contributed by atoms with E-state index >= 15 is 0 Å². The molecule has 1 aliphatic rings. The standard InChI is InChI=1S/C15H20N6/c1-21-8-4-12(5-9-21)19-15-14(16)18-10-13(20-15)11-2-6-17-7-3-11/h2-3,6-7,10,12H,4-5,8-9H2,1H3,(H2,16,18)(H,19,20). The predicted molar refractivity (Wildman–Crippen MR) is 83.8 cm³/mol. The first-order chi connectivity index (χ1) is 10.2. The molecule has 2 aromatic heterocycles. The van der Waals surface area contributed by atoms with Crippen LogP contribution in [0.2, 0.25) is 0 Å². The van der Waals surface area contributed by atoms with Crippen LogP contribution < -0.4 is 11.1 Å². The zero-order chi connectivity index (χ0) is 14.7. The third-order valence-corrected chi connectivity index (χ3v) is 3.84. The Balaban J connectivity index is 1.79. The van der Waals surface area contributed by atoms with Crippen molar-refractivity contribution in [3.8, 4) is 11.3 Å². The van der Waals surface area contributed by atoms with Crippen LogP contribution in [0.15, 0.2) is 30.7 Å². The number of rotatable bonds is 3. The lowest BCUT2D eigenvalue weighted by Gasteiger charge is -2.30. The summed E-state index contributed by atoms with van der Waals surface area (Å²) in [4.78, 5) is 15.2. The Labute approximate surface area is 124 Å². The lowest BCUT2D eigenvalue weighted by molar-refractivity contribution is 0.263. The molecule has 0 amide bonds. The Kier molecular flexibility index (Phi) is 3.96. The Morgan fingerprint density at radius 1 is 1.24 bits per heavy atom. The third-order valence-electron chi connectivity index (χ3n) is 3.84. The van der Waals surface area contributed by atoms with Gasteiger partial charge in [0.25, 0.3) is 0 Å². The van der Waals surface area contributed by atoms with Crippen molar-refractivity contribution in [1.29, 1.82) is 0 Å². The minimum absolute atomic E-state index is 0.408. The summed E-state index contributed by atoms with van der Waals surface area (Å²) in [6.45, 7) is 2.18. The van der Waals surface area contributed by atoms with Crippen molar-refractivity contribution >= 4 is 11.6 Å². The van der Waals surface area contributed by atoms with Gasteiger partial charge in [-0.2, -0.15) is 0 Å². The molecule has 21 heavy (non-hydrogen) atoms. The van der Waals surface area contributed by atoms with E-state index in [0.717, 1.165) is 37.2 Å². The van der Waals surface area contributed by atoms with E-state index in [2.05, 4.69) is 32.2 Å². The number of hydrogen-bond donors (Lipinski definition) is 2. The highest BCUT2D eigenvalue weighted by Gasteiger charge is 2.18. The second-order valence-electron chi connectivity index (χ2n) is 5.45. The summed E-state index contributed by atoms with van der Waals surface area (Å²) < 4.78 is 0. The number of nitrogens with two attached hydrogens (primary N) is 1. The first-order valence-electron chi connectivity index (χ1n) is 7.20. The second-order valence-corrected chi connectivity index (χ2v) is 5.45. The van der Waals surface area contributed by atoms with Crippen LogP contribution >= 0.6 is 0 Å². The molecule has 0 unspecified atom stereocenters. The van der Waals surface area contributed by atoms with E-state index in [1.165, 1.54) is 0 Å². The van der Waals surface area contributed by atoms with Crippen LogP contribution in [0.1, 0.15) is 12.8 Å². The monoisotopic (exact) mass is 284 g/mol. The lowest BCUT2D eigenvalue weighted by Crippen LogP contribution is -2.37. The first kappa shape index (κ1) is 13.8. The molecule has 0 saturated carbocycles. The third kappa shape index (κ3) is 3.28. The van der Waals surface area contributed by atoms with Crippen LogP contribution in [0.5, 0.6) is 0 Å². The van der Waals surface area contributed by atoms with E-state index < -0.39 is 0 Å². The van der Waals surface area contributed by atoms with E-state index in [-0.39, 0.29) is 0 Å². The molecule has 1 fully saturated rings. The highest BCUT2D eigenvalue weighted by molar-refractivity contribution is 5.65. The van der Waals surface area contributed by atoms with Crippen LogP contribution in [-0.4, -0.2) is 46.0 Å². The molecule has 0 radical (unpaired) electrons. The average molecular weight is 284 g/mol. The van der Waals surface area contributed by atoms with Gasteiger partial charge in [0.1, 0.15) is 0 Å². The molecule has 3 rings (SSSR count). The van der Waals surface area contributed by atoms with Crippen LogP contribution in [0.25, 0.3) is 11.3 Å². The minimum atomic E-state index is 0.408. The van der Waals surface area contributed by atoms with Gasteiger partial charge in [-0.3, -0.25) is 4.98 Å². The van der Waals surface area contributed by atoms with Gasteiger partial charge in [0.15, 0.2) is 11.6 Å². The van der Waals surface area contributed by atoms with Crippen molar-refractivity contribution in [2.45, 2.75) is 18.9 Å². The Morgan fingerprint density at radius 3 is 2.67 bits per heavy atom. The predicted octanol–water partition coefficient (Wildman–Crippen LogP) is 1.63. The molecule has 0 bridgehead atoms. The van der Waals surface area contributed by atoms with Crippen LogP contribution in [0.4, 0.5) is 11.6 Å². The van der Waals surface area contributed by atoms with E-state index in [0.29, 0.717) is 17.7 Å². The molecule has 0 aliphatic carbocycles. The number of hydrogen-bond acceptors (Lipinski definition) is 6. The fraction of sp³-hybridized carbons (Fsp3) is 0.400. The topological polar surface area (TPSA) is 80.0 Å². The molecule has 0 aromatic carbocycles. The van der Waals surface area contributed by atoms with Gasteiger partial charge in [0.05, 0.1) is 11.9 Å². The molecule has 3 heterocycles. The largest absolute Gasteiger partial charge is 0.381 e. The molecule has 0 atom stereocenters. The van der Waals surface area contributed by atoms with Crippen molar-refractivity contribution in [3.05, 3.63) is 30.7 Å². The lowest BCUT2D eigenvalue weighted by atomic mass is 10.1. The van der Waals surface area contributed by atoms with E-state index in [4.69, 9.17) is 5.73 Å². The normalized spacial score (nSPS) is 16.8. The van der Waals surface area contributed by atoms with E-state index in [1.807, 2.05) is 12.1 Å².